The Morgan fingerprint density at radius 1 is 1.32 bits per heavy atom. The first-order valence-corrected chi connectivity index (χ1v) is 9.86. The second-order valence-corrected chi connectivity index (χ2v) is 7.56. The number of guanidine groups is 1. The van der Waals surface area contributed by atoms with Crippen molar-refractivity contribution in [1.82, 2.24) is 15.5 Å². The van der Waals surface area contributed by atoms with E-state index in [1.807, 2.05) is 0 Å². The van der Waals surface area contributed by atoms with Gasteiger partial charge in [-0.25, -0.2) is 4.99 Å². The lowest BCUT2D eigenvalue weighted by atomic mass is 10.0. The third-order valence-electron chi connectivity index (χ3n) is 4.46. The second-order valence-electron chi connectivity index (χ2n) is 6.56. The Balaban J connectivity index is 0.00000312. The van der Waals surface area contributed by atoms with E-state index in [1.54, 1.807) is 11.3 Å². The zero-order chi connectivity index (χ0) is 17.4. The molecule has 2 heterocycles. The Morgan fingerprint density at radius 3 is 2.60 bits per heavy atom. The van der Waals surface area contributed by atoms with Crippen LogP contribution in [0.25, 0.3) is 0 Å². The Hall–Kier alpha value is -0.380. The Labute approximate surface area is 173 Å². The van der Waals surface area contributed by atoms with E-state index in [2.05, 4.69) is 54.7 Å². The number of hydrogen-bond donors (Lipinski definition) is 2. The number of hydrogen-bond acceptors (Lipinski definition) is 4. The summed E-state index contributed by atoms with van der Waals surface area (Å²) in [7, 11) is 0. The fraction of sp³-hybridized carbons (Fsp3) is 0.722. The minimum absolute atomic E-state index is 0. The highest BCUT2D eigenvalue weighted by Crippen LogP contribution is 2.16. The molecule has 144 valence electrons. The van der Waals surface area contributed by atoms with Crippen LogP contribution in [0, 0.1) is 12.8 Å². The number of aliphatic imine (C=N–C) groups is 1. The monoisotopic (exact) mass is 480 g/mol. The van der Waals surface area contributed by atoms with Crippen molar-refractivity contribution < 1.29 is 4.74 Å². The van der Waals surface area contributed by atoms with Crippen LogP contribution in [0.4, 0.5) is 0 Å². The van der Waals surface area contributed by atoms with Gasteiger partial charge in [-0.3, -0.25) is 4.90 Å². The van der Waals surface area contributed by atoms with Gasteiger partial charge in [-0.15, -0.1) is 35.3 Å². The maximum absolute atomic E-state index is 5.49. The van der Waals surface area contributed by atoms with E-state index in [-0.39, 0.29) is 24.0 Å². The van der Waals surface area contributed by atoms with Gasteiger partial charge >= 0.3 is 0 Å². The Morgan fingerprint density at radius 2 is 2.04 bits per heavy atom. The standard InChI is InChI=1S/C18H32N4OS.HI/c1-5-19-18(21-13-17-15(4)6-11-24-17)20-12-16(14(2)3)22-7-9-23-10-8-22;/h6,11,14,16H,5,7-10,12-13H2,1-4H3,(H2,19,20,21);1H. The highest BCUT2D eigenvalue weighted by Gasteiger charge is 2.23. The third-order valence-corrected chi connectivity index (χ3v) is 5.46. The zero-order valence-electron chi connectivity index (χ0n) is 15.9. The van der Waals surface area contributed by atoms with Crippen LogP contribution >= 0.6 is 35.3 Å². The van der Waals surface area contributed by atoms with Crippen LogP contribution in [-0.4, -0.2) is 56.3 Å². The van der Waals surface area contributed by atoms with Gasteiger partial charge in [0.15, 0.2) is 5.96 Å². The smallest absolute Gasteiger partial charge is 0.191 e. The van der Waals surface area contributed by atoms with Crippen molar-refractivity contribution in [3.8, 4) is 0 Å². The SMILES string of the molecule is CCNC(=NCc1sccc1C)NCC(C(C)C)N1CCOCC1.I. The van der Waals surface area contributed by atoms with Crippen LogP contribution < -0.4 is 10.6 Å². The molecule has 7 heteroatoms. The molecule has 1 atom stereocenters. The van der Waals surface area contributed by atoms with Crippen LogP contribution in [0.15, 0.2) is 16.4 Å². The molecule has 1 saturated heterocycles. The normalized spacial score (nSPS) is 17.2. The van der Waals surface area contributed by atoms with E-state index in [4.69, 9.17) is 9.73 Å². The third kappa shape index (κ3) is 7.40. The number of halogens is 1. The fourth-order valence-electron chi connectivity index (χ4n) is 2.96. The molecule has 0 saturated carbocycles. The molecular formula is C18H33IN4OS. The number of aryl methyl sites for hydroxylation is 1. The molecule has 0 aromatic carbocycles. The molecule has 0 aliphatic carbocycles. The first-order valence-electron chi connectivity index (χ1n) is 8.98. The van der Waals surface area contributed by atoms with E-state index in [9.17, 15) is 0 Å². The summed E-state index contributed by atoms with van der Waals surface area (Å²) in [4.78, 5) is 8.62. The maximum Gasteiger partial charge on any atom is 0.191 e. The number of ether oxygens (including phenoxy) is 1. The predicted molar refractivity (Wildman–Crippen MR) is 118 cm³/mol. The van der Waals surface area contributed by atoms with Crippen LogP contribution in [-0.2, 0) is 11.3 Å². The molecule has 1 aromatic heterocycles. The van der Waals surface area contributed by atoms with Crippen LogP contribution in [0.3, 0.4) is 0 Å². The zero-order valence-corrected chi connectivity index (χ0v) is 19.0. The molecule has 25 heavy (non-hydrogen) atoms. The number of rotatable bonds is 7. The maximum atomic E-state index is 5.49. The molecule has 5 nitrogen and oxygen atoms in total. The van der Waals surface area contributed by atoms with Gasteiger partial charge in [-0.2, -0.15) is 0 Å². The summed E-state index contributed by atoms with van der Waals surface area (Å²) in [6.07, 6.45) is 0. The van der Waals surface area contributed by atoms with E-state index in [1.165, 1.54) is 10.4 Å². The lowest BCUT2D eigenvalue weighted by Crippen LogP contribution is -2.52. The molecular weight excluding hydrogens is 447 g/mol. The largest absolute Gasteiger partial charge is 0.379 e. The van der Waals surface area contributed by atoms with Crippen molar-refractivity contribution in [3.05, 3.63) is 21.9 Å². The van der Waals surface area contributed by atoms with E-state index < -0.39 is 0 Å². The summed E-state index contributed by atoms with van der Waals surface area (Å²) >= 11 is 1.78. The van der Waals surface area contributed by atoms with Crippen LogP contribution in [0.2, 0.25) is 0 Å². The van der Waals surface area contributed by atoms with Gasteiger partial charge in [0, 0.05) is 37.1 Å². The lowest BCUT2D eigenvalue weighted by Gasteiger charge is -2.37. The molecule has 1 aliphatic rings. The van der Waals surface area contributed by atoms with Gasteiger partial charge in [0.05, 0.1) is 19.8 Å². The Bertz CT molecular complexity index is 515. The molecule has 0 radical (unpaired) electrons. The molecule has 2 N–H and O–H groups in total. The lowest BCUT2D eigenvalue weighted by molar-refractivity contribution is 0.00752. The predicted octanol–water partition coefficient (Wildman–Crippen LogP) is 3.09. The van der Waals surface area contributed by atoms with Crippen molar-refractivity contribution >= 4 is 41.3 Å². The average Bonchev–Trinajstić information content (AvgIpc) is 2.98. The van der Waals surface area contributed by atoms with Crippen molar-refractivity contribution in [3.63, 3.8) is 0 Å². The summed E-state index contributed by atoms with van der Waals surface area (Å²) in [5, 5.41) is 9.04. The molecule has 1 fully saturated rings. The van der Waals surface area contributed by atoms with Gasteiger partial charge in [-0.1, -0.05) is 13.8 Å². The summed E-state index contributed by atoms with van der Waals surface area (Å²) in [5.74, 6) is 1.50. The van der Waals surface area contributed by atoms with Gasteiger partial charge < -0.3 is 15.4 Å². The van der Waals surface area contributed by atoms with Crippen LogP contribution in [0.5, 0.6) is 0 Å². The molecule has 1 aliphatic heterocycles. The number of thiophene rings is 1. The van der Waals surface area contributed by atoms with Crippen molar-refractivity contribution in [2.45, 2.75) is 40.3 Å². The van der Waals surface area contributed by atoms with Crippen molar-refractivity contribution in [2.75, 3.05) is 39.4 Å². The molecule has 0 amide bonds. The van der Waals surface area contributed by atoms with Crippen molar-refractivity contribution in [2.24, 2.45) is 10.9 Å². The quantitative estimate of drug-likeness (QED) is 0.358. The van der Waals surface area contributed by atoms with Gasteiger partial charge in [0.1, 0.15) is 0 Å². The van der Waals surface area contributed by atoms with Crippen molar-refractivity contribution in [1.29, 1.82) is 0 Å². The molecule has 1 unspecified atom stereocenters. The number of nitrogens with one attached hydrogen (secondary N) is 2. The van der Waals surface area contributed by atoms with Gasteiger partial charge in [0.2, 0.25) is 0 Å². The van der Waals surface area contributed by atoms with Gasteiger partial charge in [0.25, 0.3) is 0 Å². The summed E-state index contributed by atoms with van der Waals surface area (Å²) in [6.45, 7) is 15.1. The summed E-state index contributed by atoms with van der Waals surface area (Å²) < 4.78 is 5.49. The van der Waals surface area contributed by atoms with E-state index >= 15 is 0 Å². The van der Waals surface area contributed by atoms with E-state index in [0.29, 0.717) is 12.0 Å². The highest BCUT2D eigenvalue weighted by molar-refractivity contribution is 14.0. The molecule has 0 spiro atoms. The van der Waals surface area contributed by atoms with E-state index in [0.717, 1.165) is 51.9 Å². The first kappa shape index (κ1) is 22.7. The minimum atomic E-state index is 0. The highest BCUT2D eigenvalue weighted by atomic mass is 127. The summed E-state index contributed by atoms with van der Waals surface area (Å²) in [5.41, 5.74) is 1.33. The van der Waals surface area contributed by atoms with Gasteiger partial charge in [-0.05, 0) is 36.8 Å². The Kier molecular flexibility index (Phi) is 11.0. The molecule has 1 aromatic rings. The molecule has 0 bridgehead atoms. The number of nitrogens with zero attached hydrogens (tertiary/aromatic N) is 2. The molecule has 2 rings (SSSR count). The second kappa shape index (κ2) is 12.1. The van der Waals surface area contributed by atoms with Crippen LogP contribution in [0.1, 0.15) is 31.2 Å². The minimum Gasteiger partial charge on any atom is -0.379 e. The fourth-order valence-corrected chi connectivity index (χ4v) is 3.78. The average molecular weight is 480 g/mol. The number of morpholine rings is 1. The topological polar surface area (TPSA) is 48.9 Å². The first-order chi connectivity index (χ1) is 11.6. The summed E-state index contributed by atoms with van der Waals surface area (Å²) in [6, 6.07) is 2.66.